The van der Waals surface area contributed by atoms with Gasteiger partial charge >= 0.3 is 6.18 Å². The maximum atomic E-state index is 12.6. The first-order valence-corrected chi connectivity index (χ1v) is 4.91. The van der Waals surface area contributed by atoms with E-state index >= 15 is 0 Å². The third-order valence-electron chi connectivity index (χ3n) is 2.01. The molecule has 1 nitrogen and oxygen atoms in total. The molecule has 0 unspecified atom stereocenters. The van der Waals surface area contributed by atoms with Gasteiger partial charge in [-0.25, -0.2) is 0 Å². The number of Topliss-reactive ketones (excluding diaryl/α,β-unsaturated/α-hetero) is 1. The molecule has 0 aromatic heterocycles. The van der Waals surface area contributed by atoms with E-state index in [1.165, 1.54) is 26.0 Å². The molecule has 0 heterocycles. The Morgan fingerprint density at radius 2 is 1.87 bits per heavy atom. The number of carbonyl (C=O) groups excluding carboxylic acids is 1. The van der Waals surface area contributed by atoms with Crippen LogP contribution in [0.1, 0.15) is 28.4 Å². The molecule has 0 saturated carbocycles. The van der Waals surface area contributed by atoms with Gasteiger partial charge in [-0.2, -0.15) is 13.2 Å². The second-order valence-corrected chi connectivity index (χ2v) is 3.97. The number of hydrogen-bond acceptors (Lipinski definition) is 1. The molecule has 0 spiro atoms. The van der Waals surface area contributed by atoms with E-state index in [9.17, 15) is 18.0 Å². The van der Waals surface area contributed by atoms with Crippen molar-refractivity contribution in [2.45, 2.75) is 20.0 Å². The molecule has 0 atom stereocenters. The van der Waals surface area contributed by atoms with E-state index < -0.39 is 17.5 Å². The molecule has 0 saturated heterocycles. The average molecular weight is 281 g/mol. The number of alkyl halides is 3. The molecule has 0 aliphatic heterocycles. The number of hydrogen-bond donors (Lipinski definition) is 0. The molecule has 0 amide bonds. The summed E-state index contributed by atoms with van der Waals surface area (Å²) >= 11 is 2.83. The van der Waals surface area contributed by atoms with Gasteiger partial charge in [0.25, 0.3) is 0 Å². The minimum atomic E-state index is -4.45. The van der Waals surface area contributed by atoms with Crippen molar-refractivity contribution in [3.05, 3.63) is 33.3 Å². The quantitative estimate of drug-likeness (QED) is 0.711. The lowest BCUT2D eigenvalue weighted by Crippen LogP contribution is -2.11. The van der Waals surface area contributed by atoms with Gasteiger partial charge in [0, 0.05) is 10.0 Å². The van der Waals surface area contributed by atoms with Gasteiger partial charge in [-0.3, -0.25) is 4.79 Å². The van der Waals surface area contributed by atoms with Crippen molar-refractivity contribution < 1.29 is 18.0 Å². The zero-order valence-electron chi connectivity index (χ0n) is 8.07. The highest BCUT2D eigenvalue weighted by atomic mass is 79.9. The van der Waals surface area contributed by atoms with Crippen molar-refractivity contribution in [1.82, 2.24) is 0 Å². The van der Waals surface area contributed by atoms with E-state index in [0.717, 1.165) is 0 Å². The Hall–Kier alpha value is -0.840. The number of benzene rings is 1. The zero-order chi connectivity index (χ0) is 11.8. The first-order chi connectivity index (χ1) is 6.75. The standard InChI is InChI=1S/C10H8BrF3O/c1-5-3-4-7(6(2)15)9(11)8(5)10(12,13)14/h3-4H,1-2H3. The van der Waals surface area contributed by atoms with E-state index in [1.54, 1.807) is 0 Å². The molecule has 0 aliphatic rings. The van der Waals surface area contributed by atoms with Crippen LogP contribution >= 0.6 is 15.9 Å². The molecule has 15 heavy (non-hydrogen) atoms. The van der Waals surface area contributed by atoms with Crippen LogP contribution in [0.25, 0.3) is 0 Å². The van der Waals surface area contributed by atoms with E-state index in [1.807, 2.05) is 0 Å². The van der Waals surface area contributed by atoms with Crippen molar-refractivity contribution in [3.63, 3.8) is 0 Å². The van der Waals surface area contributed by atoms with Gasteiger partial charge in [0.15, 0.2) is 5.78 Å². The van der Waals surface area contributed by atoms with Crippen molar-refractivity contribution >= 4 is 21.7 Å². The molecule has 82 valence electrons. The predicted molar refractivity (Wildman–Crippen MR) is 53.9 cm³/mol. The van der Waals surface area contributed by atoms with Crippen molar-refractivity contribution in [1.29, 1.82) is 0 Å². The Bertz CT molecular complexity index is 410. The second-order valence-electron chi connectivity index (χ2n) is 3.17. The molecule has 0 aliphatic carbocycles. The molecule has 1 aromatic rings. The summed E-state index contributed by atoms with van der Waals surface area (Å²) in [6, 6.07) is 2.68. The largest absolute Gasteiger partial charge is 0.417 e. The lowest BCUT2D eigenvalue weighted by atomic mass is 10.0. The van der Waals surface area contributed by atoms with Crippen LogP contribution in [0.15, 0.2) is 16.6 Å². The van der Waals surface area contributed by atoms with E-state index in [4.69, 9.17) is 0 Å². The summed E-state index contributed by atoms with van der Waals surface area (Å²) in [7, 11) is 0. The highest BCUT2D eigenvalue weighted by Crippen LogP contribution is 2.38. The summed E-state index contributed by atoms with van der Waals surface area (Å²) in [6.45, 7) is 2.59. The van der Waals surface area contributed by atoms with Crippen LogP contribution in [0.3, 0.4) is 0 Å². The van der Waals surface area contributed by atoms with Crippen LogP contribution in [0, 0.1) is 6.92 Å². The summed E-state index contributed by atoms with van der Waals surface area (Å²) in [5.41, 5.74) is -0.637. The van der Waals surface area contributed by atoms with Crippen LogP contribution in [0.4, 0.5) is 13.2 Å². The summed E-state index contributed by atoms with van der Waals surface area (Å²) in [5.74, 6) is -0.396. The highest BCUT2D eigenvalue weighted by Gasteiger charge is 2.35. The van der Waals surface area contributed by atoms with Crippen LogP contribution < -0.4 is 0 Å². The summed E-state index contributed by atoms with van der Waals surface area (Å²) < 4.78 is 37.7. The van der Waals surface area contributed by atoms with Crippen LogP contribution in [0.5, 0.6) is 0 Å². The Morgan fingerprint density at radius 1 is 1.33 bits per heavy atom. The monoisotopic (exact) mass is 280 g/mol. The van der Waals surface area contributed by atoms with Gasteiger partial charge in [-0.15, -0.1) is 0 Å². The summed E-state index contributed by atoms with van der Waals surface area (Å²) in [6.07, 6.45) is -4.45. The molecular formula is C10H8BrF3O. The fourth-order valence-electron chi connectivity index (χ4n) is 1.29. The van der Waals surface area contributed by atoms with Crippen molar-refractivity contribution in [2.75, 3.05) is 0 Å². The smallest absolute Gasteiger partial charge is 0.294 e. The lowest BCUT2D eigenvalue weighted by molar-refractivity contribution is -0.138. The van der Waals surface area contributed by atoms with Crippen LogP contribution in [-0.4, -0.2) is 5.78 Å². The maximum absolute atomic E-state index is 12.6. The molecule has 0 N–H and O–H groups in total. The van der Waals surface area contributed by atoms with Crippen molar-refractivity contribution in [2.24, 2.45) is 0 Å². The SMILES string of the molecule is CC(=O)c1ccc(C)c(C(F)(F)F)c1Br. The molecular weight excluding hydrogens is 273 g/mol. The number of ketones is 1. The zero-order valence-corrected chi connectivity index (χ0v) is 9.66. The third kappa shape index (κ3) is 2.40. The molecule has 0 radical (unpaired) electrons. The fraction of sp³-hybridized carbons (Fsp3) is 0.300. The molecule has 5 heteroatoms. The normalized spacial score (nSPS) is 11.6. The summed E-state index contributed by atoms with van der Waals surface area (Å²) in [5, 5.41) is 0. The Kier molecular flexibility index (Phi) is 3.23. The molecule has 1 rings (SSSR count). The number of rotatable bonds is 1. The third-order valence-corrected chi connectivity index (χ3v) is 2.84. The van der Waals surface area contributed by atoms with E-state index in [0.29, 0.717) is 0 Å². The van der Waals surface area contributed by atoms with E-state index in [-0.39, 0.29) is 15.6 Å². The highest BCUT2D eigenvalue weighted by molar-refractivity contribution is 9.10. The molecule has 0 bridgehead atoms. The first-order valence-electron chi connectivity index (χ1n) is 4.12. The van der Waals surface area contributed by atoms with Gasteiger partial charge < -0.3 is 0 Å². The van der Waals surface area contributed by atoms with Crippen LogP contribution in [0.2, 0.25) is 0 Å². The maximum Gasteiger partial charge on any atom is 0.417 e. The van der Waals surface area contributed by atoms with E-state index in [2.05, 4.69) is 15.9 Å². The first kappa shape index (κ1) is 12.2. The molecule has 0 fully saturated rings. The fourth-order valence-corrected chi connectivity index (χ4v) is 2.24. The van der Waals surface area contributed by atoms with Gasteiger partial charge in [-0.05, 0) is 41.4 Å². The topological polar surface area (TPSA) is 17.1 Å². The van der Waals surface area contributed by atoms with Gasteiger partial charge in [0.1, 0.15) is 0 Å². The predicted octanol–water partition coefficient (Wildman–Crippen LogP) is 3.98. The average Bonchev–Trinajstić information content (AvgIpc) is 2.00. The Labute approximate surface area is 93.4 Å². The second kappa shape index (κ2) is 3.96. The Balaban J connectivity index is 3.51. The minimum absolute atomic E-state index is 0.0490. The van der Waals surface area contributed by atoms with Gasteiger partial charge in [0.05, 0.1) is 5.56 Å². The number of aryl methyl sites for hydroxylation is 1. The van der Waals surface area contributed by atoms with Crippen LogP contribution in [-0.2, 0) is 6.18 Å². The van der Waals surface area contributed by atoms with Gasteiger partial charge in [-0.1, -0.05) is 6.07 Å². The number of halogens is 4. The lowest BCUT2D eigenvalue weighted by Gasteiger charge is -2.14. The molecule has 1 aromatic carbocycles. The van der Waals surface area contributed by atoms with Crippen molar-refractivity contribution in [3.8, 4) is 0 Å². The Morgan fingerprint density at radius 3 is 2.27 bits per heavy atom. The minimum Gasteiger partial charge on any atom is -0.294 e. The number of carbonyl (C=O) groups is 1. The van der Waals surface area contributed by atoms with Gasteiger partial charge in [0.2, 0.25) is 0 Å². The summed E-state index contributed by atoms with van der Waals surface area (Å²) in [4.78, 5) is 11.1.